The third-order valence-electron chi connectivity index (χ3n) is 1.66. The van der Waals surface area contributed by atoms with Crippen LogP contribution in [0.25, 0.3) is 0 Å². The Labute approximate surface area is 80.5 Å². The molecule has 1 aromatic heterocycles. The number of carboxylic acid groups (broad SMARTS) is 1. The van der Waals surface area contributed by atoms with E-state index in [1.54, 1.807) is 0 Å². The van der Waals surface area contributed by atoms with E-state index in [2.05, 4.69) is 10.3 Å². The van der Waals surface area contributed by atoms with Gasteiger partial charge in [0, 0.05) is 7.11 Å². The summed E-state index contributed by atoms with van der Waals surface area (Å²) in [6.07, 6.45) is 1.44. The zero-order valence-electron chi connectivity index (χ0n) is 7.75. The highest BCUT2D eigenvalue weighted by Gasteiger charge is 2.14. The highest BCUT2D eigenvalue weighted by Crippen LogP contribution is 2.07. The van der Waals surface area contributed by atoms with E-state index in [1.807, 2.05) is 0 Å². The maximum atomic E-state index is 10.4. The third-order valence-corrected chi connectivity index (χ3v) is 1.66. The fourth-order valence-electron chi connectivity index (χ4n) is 1.07. The molecular weight excluding hydrogens is 188 g/mol. The summed E-state index contributed by atoms with van der Waals surface area (Å²) in [6, 6.07) is -0.408. The van der Waals surface area contributed by atoms with Gasteiger partial charge < -0.3 is 15.6 Å². The van der Waals surface area contributed by atoms with E-state index in [0.717, 1.165) is 0 Å². The second kappa shape index (κ2) is 4.68. The largest absolute Gasteiger partial charge is 0.480 e. The van der Waals surface area contributed by atoms with Crippen LogP contribution >= 0.6 is 0 Å². The Balaban J connectivity index is 2.75. The van der Waals surface area contributed by atoms with E-state index in [4.69, 9.17) is 15.6 Å². The Hall–Kier alpha value is -1.47. The molecule has 1 heterocycles. The van der Waals surface area contributed by atoms with Crippen LogP contribution in [-0.4, -0.2) is 39.8 Å². The summed E-state index contributed by atoms with van der Waals surface area (Å²) in [5.74, 6) is -0.985. The van der Waals surface area contributed by atoms with Crippen LogP contribution in [0.15, 0.2) is 6.20 Å². The predicted octanol–water partition coefficient (Wildman–Crippen LogP) is -0.991. The molecule has 0 saturated heterocycles. The number of hydrogen-bond donors (Lipinski definition) is 2. The lowest BCUT2D eigenvalue weighted by Crippen LogP contribution is -2.22. The lowest BCUT2D eigenvalue weighted by Gasteiger charge is -2.10. The van der Waals surface area contributed by atoms with Gasteiger partial charge in [0.2, 0.25) is 0 Å². The van der Waals surface area contributed by atoms with Crippen LogP contribution in [0.3, 0.4) is 0 Å². The molecule has 14 heavy (non-hydrogen) atoms. The summed E-state index contributed by atoms with van der Waals surface area (Å²) >= 11 is 0. The van der Waals surface area contributed by atoms with E-state index in [9.17, 15) is 4.79 Å². The first kappa shape index (κ1) is 10.6. The fraction of sp³-hybridized carbons (Fsp3) is 0.571. The van der Waals surface area contributed by atoms with Gasteiger partial charge in [-0.2, -0.15) is 0 Å². The van der Waals surface area contributed by atoms with Gasteiger partial charge in [-0.25, -0.2) is 4.68 Å². The van der Waals surface area contributed by atoms with Gasteiger partial charge in [0.25, 0.3) is 0 Å². The second-order valence-electron chi connectivity index (χ2n) is 2.77. The average molecular weight is 200 g/mol. The number of aliphatic carboxylic acids is 1. The van der Waals surface area contributed by atoms with Crippen molar-refractivity contribution < 1.29 is 14.6 Å². The zero-order valence-corrected chi connectivity index (χ0v) is 7.75. The monoisotopic (exact) mass is 200 g/mol. The molecule has 78 valence electrons. The molecule has 0 aliphatic rings. The van der Waals surface area contributed by atoms with E-state index in [1.165, 1.54) is 18.0 Å². The summed E-state index contributed by atoms with van der Waals surface area (Å²) in [5, 5.41) is 15.8. The van der Waals surface area contributed by atoms with Gasteiger partial charge in [-0.3, -0.25) is 4.79 Å². The number of carboxylic acids is 1. The molecule has 0 aliphatic carbocycles. The second-order valence-corrected chi connectivity index (χ2v) is 2.77. The number of ether oxygens (including phenoxy) is 1. The third kappa shape index (κ3) is 2.51. The van der Waals surface area contributed by atoms with Crippen molar-refractivity contribution in [1.29, 1.82) is 0 Å². The molecule has 1 aromatic rings. The van der Waals surface area contributed by atoms with Crippen molar-refractivity contribution in [3.8, 4) is 0 Å². The fourth-order valence-corrected chi connectivity index (χ4v) is 1.07. The quantitative estimate of drug-likeness (QED) is 0.632. The molecule has 0 bridgehead atoms. The van der Waals surface area contributed by atoms with Crippen molar-refractivity contribution in [1.82, 2.24) is 15.0 Å². The number of nitrogens with zero attached hydrogens (tertiary/aromatic N) is 3. The summed E-state index contributed by atoms with van der Waals surface area (Å²) in [5.41, 5.74) is 6.26. The molecule has 0 saturated carbocycles. The first-order valence-corrected chi connectivity index (χ1v) is 4.00. The van der Waals surface area contributed by atoms with Gasteiger partial charge in [0.15, 0.2) is 0 Å². The summed E-state index contributed by atoms with van der Waals surface area (Å²) in [6.45, 7) is 0.0553. The van der Waals surface area contributed by atoms with Crippen molar-refractivity contribution in [2.45, 2.75) is 12.6 Å². The maximum absolute atomic E-state index is 10.4. The molecule has 3 N–H and O–H groups in total. The minimum Gasteiger partial charge on any atom is -0.480 e. The van der Waals surface area contributed by atoms with E-state index in [0.29, 0.717) is 12.3 Å². The van der Waals surface area contributed by atoms with Gasteiger partial charge in [-0.05, 0) is 0 Å². The van der Waals surface area contributed by atoms with Crippen LogP contribution < -0.4 is 5.73 Å². The van der Waals surface area contributed by atoms with Crippen molar-refractivity contribution in [3.63, 3.8) is 0 Å². The smallest absolute Gasteiger partial charge is 0.325 e. The predicted molar refractivity (Wildman–Crippen MR) is 46.5 cm³/mol. The number of carbonyl (C=O) groups is 1. The molecule has 0 amide bonds. The minimum atomic E-state index is -0.985. The Morgan fingerprint density at radius 3 is 3.14 bits per heavy atom. The highest BCUT2D eigenvalue weighted by molar-refractivity contribution is 5.66. The standard InChI is InChI=1S/C7H12N4O3/c1-14-4-5(8)6-2-9-10-11(6)3-7(12)13/h2,5H,3-4,8H2,1H3,(H,12,13). The summed E-state index contributed by atoms with van der Waals surface area (Å²) < 4.78 is 6.09. The van der Waals surface area contributed by atoms with Crippen LogP contribution in [0.4, 0.5) is 0 Å². The Kier molecular flexibility index (Phi) is 3.55. The van der Waals surface area contributed by atoms with E-state index >= 15 is 0 Å². The Morgan fingerprint density at radius 2 is 2.57 bits per heavy atom. The Morgan fingerprint density at radius 1 is 1.86 bits per heavy atom. The van der Waals surface area contributed by atoms with E-state index < -0.39 is 12.0 Å². The number of aromatic nitrogens is 3. The van der Waals surface area contributed by atoms with Crippen LogP contribution in [0.1, 0.15) is 11.7 Å². The molecule has 7 nitrogen and oxygen atoms in total. The average Bonchev–Trinajstić information content (AvgIpc) is 2.51. The van der Waals surface area contributed by atoms with Crippen molar-refractivity contribution in [2.24, 2.45) is 5.73 Å². The first-order chi connectivity index (χ1) is 6.65. The lowest BCUT2D eigenvalue weighted by molar-refractivity contribution is -0.138. The van der Waals surface area contributed by atoms with E-state index in [-0.39, 0.29) is 6.54 Å². The molecule has 1 unspecified atom stereocenters. The zero-order chi connectivity index (χ0) is 10.6. The van der Waals surface area contributed by atoms with Crippen LogP contribution in [0.2, 0.25) is 0 Å². The van der Waals surface area contributed by atoms with Crippen molar-refractivity contribution in [3.05, 3.63) is 11.9 Å². The number of nitrogens with two attached hydrogens (primary N) is 1. The number of methoxy groups -OCH3 is 1. The van der Waals surface area contributed by atoms with Crippen molar-refractivity contribution >= 4 is 5.97 Å². The van der Waals surface area contributed by atoms with Gasteiger partial charge >= 0.3 is 5.97 Å². The molecule has 0 aliphatic heterocycles. The number of rotatable bonds is 5. The highest BCUT2D eigenvalue weighted by atomic mass is 16.5. The molecule has 0 aromatic carbocycles. The van der Waals surface area contributed by atoms with Gasteiger partial charge in [-0.1, -0.05) is 5.21 Å². The number of hydrogen-bond acceptors (Lipinski definition) is 5. The molecule has 7 heteroatoms. The van der Waals surface area contributed by atoms with Crippen molar-refractivity contribution in [2.75, 3.05) is 13.7 Å². The molecule has 1 atom stereocenters. The first-order valence-electron chi connectivity index (χ1n) is 4.00. The summed E-state index contributed by atoms with van der Waals surface area (Å²) in [4.78, 5) is 10.4. The normalized spacial score (nSPS) is 12.7. The molecule has 0 spiro atoms. The van der Waals surface area contributed by atoms with Crippen LogP contribution in [0, 0.1) is 0 Å². The van der Waals surface area contributed by atoms with Crippen LogP contribution in [0.5, 0.6) is 0 Å². The molecule has 0 fully saturated rings. The van der Waals surface area contributed by atoms with Crippen LogP contribution in [-0.2, 0) is 16.1 Å². The maximum Gasteiger partial charge on any atom is 0.325 e. The van der Waals surface area contributed by atoms with Gasteiger partial charge in [-0.15, -0.1) is 5.10 Å². The molecule has 1 rings (SSSR count). The lowest BCUT2D eigenvalue weighted by atomic mass is 10.2. The Bertz CT molecular complexity index is 312. The SMILES string of the molecule is COCC(N)c1cnnn1CC(=O)O. The van der Waals surface area contributed by atoms with Gasteiger partial charge in [0.05, 0.1) is 24.5 Å². The topological polar surface area (TPSA) is 103 Å². The molecule has 0 radical (unpaired) electrons. The summed E-state index contributed by atoms with van der Waals surface area (Å²) in [7, 11) is 1.52. The minimum absolute atomic E-state index is 0.243. The molecular formula is C7H12N4O3. The van der Waals surface area contributed by atoms with Gasteiger partial charge in [0.1, 0.15) is 6.54 Å².